The molecule has 0 atom stereocenters. The van der Waals surface area contributed by atoms with Gasteiger partial charge in [-0.1, -0.05) is 11.6 Å². The average Bonchev–Trinajstić information content (AvgIpc) is 2.61. The summed E-state index contributed by atoms with van der Waals surface area (Å²) in [7, 11) is 0. The second kappa shape index (κ2) is 7.62. The summed E-state index contributed by atoms with van der Waals surface area (Å²) in [5.41, 5.74) is 3.97. The van der Waals surface area contributed by atoms with E-state index < -0.39 is 5.82 Å². The van der Waals surface area contributed by atoms with Gasteiger partial charge in [0.15, 0.2) is 11.6 Å². The first-order valence-corrected chi connectivity index (χ1v) is 8.06. The Morgan fingerprint density at radius 2 is 2.16 bits per heavy atom. The standard InChI is InChI=1S/C16H17ClFN5O2/c1-10-6-11(14(24)12(17)7-10)8-20-22-16-19-9-13(18)15(21-16)23-2-4-25-5-3-23/h6-9,24H,2-5H2,1H3,(H,19,21,22)/b20-8+. The Labute approximate surface area is 149 Å². The van der Waals surface area contributed by atoms with Crippen molar-refractivity contribution < 1.29 is 14.2 Å². The highest BCUT2D eigenvalue weighted by Gasteiger charge is 2.17. The normalized spacial score (nSPS) is 14.9. The van der Waals surface area contributed by atoms with E-state index >= 15 is 0 Å². The summed E-state index contributed by atoms with van der Waals surface area (Å²) in [6.45, 7) is 4.03. The Balaban J connectivity index is 1.75. The Morgan fingerprint density at radius 1 is 1.40 bits per heavy atom. The number of anilines is 2. The van der Waals surface area contributed by atoms with Crippen LogP contribution in [0.1, 0.15) is 11.1 Å². The van der Waals surface area contributed by atoms with Crippen molar-refractivity contribution in [2.24, 2.45) is 5.10 Å². The number of hydrogen-bond donors (Lipinski definition) is 2. The first kappa shape index (κ1) is 17.4. The molecule has 0 unspecified atom stereocenters. The lowest BCUT2D eigenvalue weighted by Crippen LogP contribution is -2.37. The number of phenolic OH excluding ortho intramolecular Hbond substituents is 1. The molecule has 1 fully saturated rings. The number of hydrogen-bond acceptors (Lipinski definition) is 7. The number of nitrogens with zero attached hydrogens (tertiary/aromatic N) is 4. The molecule has 0 saturated carbocycles. The molecule has 9 heteroatoms. The molecule has 0 aliphatic carbocycles. The van der Waals surface area contributed by atoms with Crippen molar-refractivity contribution in [1.29, 1.82) is 0 Å². The number of ether oxygens (including phenoxy) is 1. The fourth-order valence-electron chi connectivity index (χ4n) is 2.43. The summed E-state index contributed by atoms with van der Waals surface area (Å²) < 4.78 is 19.2. The molecule has 1 aliphatic rings. The van der Waals surface area contributed by atoms with Crippen LogP contribution in [0.3, 0.4) is 0 Å². The quantitative estimate of drug-likeness (QED) is 0.640. The minimum absolute atomic E-state index is 0.0631. The number of hydrazone groups is 1. The second-order valence-corrected chi connectivity index (χ2v) is 5.93. The smallest absolute Gasteiger partial charge is 0.245 e. The molecular formula is C16H17ClFN5O2. The molecule has 25 heavy (non-hydrogen) atoms. The van der Waals surface area contributed by atoms with Crippen LogP contribution < -0.4 is 10.3 Å². The molecule has 2 N–H and O–H groups in total. The Hall–Kier alpha value is -2.45. The van der Waals surface area contributed by atoms with Gasteiger partial charge in [0.05, 0.1) is 30.6 Å². The predicted molar refractivity (Wildman–Crippen MR) is 94.1 cm³/mol. The van der Waals surface area contributed by atoms with Gasteiger partial charge in [-0.2, -0.15) is 10.1 Å². The number of aromatic nitrogens is 2. The van der Waals surface area contributed by atoms with Crippen LogP contribution in [-0.2, 0) is 4.74 Å². The molecule has 2 aromatic rings. The lowest BCUT2D eigenvalue weighted by Gasteiger charge is -2.27. The van der Waals surface area contributed by atoms with Crippen molar-refractivity contribution in [1.82, 2.24) is 9.97 Å². The molecule has 0 bridgehead atoms. The molecule has 0 radical (unpaired) electrons. The van der Waals surface area contributed by atoms with E-state index in [1.165, 1.54) is 6.21 Å². The average molecular weight is 366 g/mol. The van der Waals surface area contributed by atoms with E-state index in [1.807, 2.05) is 6.92 Å². The van der Waals surface area contributed by atoms with E-state index in [2.05, 4.69) is 20.5 Å². The summed E-state index contributed by atoms with van der Waals surface area (Å²) in [5, 5.41) is 14.2. The number of halogens is 2. The van der Waals surface area contributed by atoms with E-state index in [-0.39, 0.29) is 22.5 Å². The van der Waals surface area contributed by atoms with Crippen LogP contribution in [0.4, 0.5) is 16.2 Å². The van der Waals surface area contributed by atoms with Gasteiger partial charge in [-0.05, 0) is 24.6 Å². The first-order chi connectivity index (χ1) is 12.0. The van der Waals surface area contributed by atoms with Crippen molar-refractivity contribution in [3.63, 3.8) is 0 Å². The van der Waals surface area contributed by atoms with Crippen LogP contribution in [0.15, 0.2) is 23.4 Å². The third kappa shape index (κ3) is 4.15. The zero-order chi connectivity index (χ0) is 17.8. The van der Waals surface area contributed by atoms with Gasteiger partial charge in [0.25, 0.3) is 0 Å². The second-order valence-electron chi connectivity index (χ2n) is 5.52. The predicted octanol–water partition coefficient (Wildman–Crippen LogP) is 2.57. The summed E-state index contributed by atoms with van der Waals surface area (Å²) in [6.07, 6.45) is 2.49. The summed E-state index contributed by atoms with van der Waals surface area (Å²) in [4.78, 5) is 9.81. The van der Waals surface area contributed by atoms with Gasteiger partial charge in [-0.25, -0.2) is 14.8 Å². The van der Waals surface area contributed by atoms with E-state index in [9.17, 15) is 9.50 Å². The number of benzene rings is 1. The molecule has 0 amide bonds. The molecule has 2 heterocycles. The van der Waals surface area contributed by atoms with Crippen LogP contribution >= 0.6 is 11.6 Å². The zero-order valence-electron chi connectivity index (χ0n) is 13.5. The monoisotopic (exact) mass is 365 g/mol. The van der Waals surface area contributed by atoms with E-state index in [0.717, 1.165) is 11.8 Å². The third-order valence-electron chi connectivity index (χ3n) is 3.64. The molecule has 132 valence electrons. The van der Waals surface area contributed by atoms with Crippen molar-refractivity contribution in [3.8, 4) is 5.75 Å². The van der Waals surface area contributed by atoms with Crippen molar-refractivity contribution in [2.45, 2.75) is 6.92 Å². The first-order valence-electron chi connectivity index (χ1n) is 7.68. The molecule has 1 saturated heterocycles. The Kier molecular flexibility index (Phi) is 5.30. The van der Waals surface area contributed by atoms with E-state index in [1.54, 1.807) is 17.0 Å². The van der Waals surface area contributed by atoms with Crippen molar-refractivity contribution >= 4 is 29.6 Å². The molecule has 1 aromatic carbocycles. The minimum Gasteiger partial charge on any atom is -0.506 e. The van der Waals surface area contributed by atoms with Crippen molar-refractivity contribution in [3.05, 3.63) is 40.3 Å². The summed E-state index contributed by atoms with van der Waals surface area (Å²) in [6, 6.07) is 3.39. The maximum Gasteiger partial charge on any atom is 0.245 e. The maximum absolute atomic E-state index is 14.0. The highest BCUT2D eigenvalue weighted by molar-refractivity contribution is 6.32. The lowest BCUT2D eigenvalue weighted by molar-refractivity contribution is 0.122. The van der Waals surface area contributed by atoms with Crippen molar-refractivity contribution in [2.75, 3.05) is 36.6 Å². The van der Waals surface area contributed by atoms with Gasteiger partial charge in [-0.3, -0.25) is 0 Å². The number of aryl methyl sites for hydroxylation is 1. The minimum atomic E-state index is -0.500. The van der Waals surface area contributed by atoms with Crippen LogP contribution in [0.25, 0.3) is 0 Å². The largest absolute Gasteiger partial charge is 0.506 e. The third-order valence-corrected chi connectivity index (χ3v) is 3.93. The van der Waals surface area contributed by atoms with Crippen LogP contribution in [0.2, 0.25) is 5.02 Å². The van der Waals surface area contributed by atoms with Gasteiger partial charge in [-0.15, -0.1) is 0 Å². The molecule has 7 nitrogen and oxygen atoms in total. The van der Waals surface area contributed by atoms with Gasteiger partial charge in [0, 0.05) is 18.7 Å². The summed E-state index contributed by atoms with van der Waals surface area (Å²) in [5.74, 6) is -0.207. The fraction of sp³-hybridized carbons (Fsp3) is 0.312. The highest BCUT2D eigenvalue weighted by atomic mass is 35.5. The zero-order valence-corrected chi connectivity index (χ0v) is 14.3. The number of morpholine rings is 1. The Morgan fingerprint density at radius 3 is 2.92 bits per heavy atom. The highest BCUT2D eigenvalue weighted by Crippen LogP contribution is 2.27. The number of aromatic hydroxyl groups is 1. The SMILES string of the molecule is Cc1cc(Cl)c(O)c(/C=N/Nc2ncc(F)c(N3CCOCC3)n2)c1. The van der Waals surface area contributed by atoms with Gasteiger partial charge < -0.3 is 14.7 Å². The van der Waals surface area contributed by atoms with Crippen LogP contribution in [0, 0.1) is 12.7 Å². The number of phenols is 1. The topological polar surface area (TPSA) is 82.9 Å². The molecule has 0 spiro atoms. The molecule has 1 aliphatic heterocycles. The fourth-order valence-corrected chi connectivity index (χ4v) is 2.71. The van der Waals surface area contributed by atoms with Gasteiger partial charge in [0.2, 0.25) is 5.95 Å². The molecule has 3 rings (SSSR count). The molecular weight excluding hydrogens is 349 g/mol. The van der Waals surface area contributed by atoms with E-state index in [0.29, 0.717) is 31.9 Å². The van der Waals surface area contributed by atoms with Gasteiger partial charge >= 0.3 is 0 Å². The maximum atomic E-state index is 14.0. The van der Waals surface area contributed by atoms with Crippen LogP contribution in [0.5, 0.6) is 5.75 Å². The lowest BCUT2D eigenvalue weighted by atomic mass is 10.1. The molecule has 1 aromatic heterocycles. The summed E-state index contributed by atoms with van der Waals surface area (Å²) >= 11 is 5.93. The Bertz CT molecular complexity index is 796. The van der Waals surface area contributed by atoms with Gasteiger partial charge in [0.1, 0.15) is 5.75 Å². The van der Waals surface area contributed by atoms with E-state index in [4.69, 9.17) is 16.3 Å². The number of nitrogens with one attached hydrogen (secondary N) is 1. The number of rotatable bonds is 4. The van der Waals surface area contributed by atoms with Crippen LogP contribution in [-0.4, -0.2) is 47.6 Å².